The number of H-pyrrole nitrogens is 1. The maximum absolute atomic E-state index is 13.6. The van der Waals surface area contributed by atoms with Gasteiger partial charge in [-0.15, -0.1) is 11.8 Å². The largest absolute Gasteiger partial charge is 0.343 e. The van der Waals surface area contributed by atoms with Gasteiger partial charge < -0.3 is 9.88 Å². The molecule has 0 saturated carbocycles. The standard InChI is InChI=1S/C22H22FN3O3S/c23-15-6-7-19-18(14-15)21(28)26(22(29)24-19)16-8-11-25(12-9-16)20(27)10-13-30-17-4-2-1-3-5-17/h1-7,14,16H,8-13H2,(H,24,29). The molecule has 1 fully saturated rings. The summed E-state index contributed by atoms with van der Waals surface area (Å²) < 4.78 is 14.7. The lowest BCUT2D eigenvalue weighted by Crippen LogP contribution is -2.45. The number of benzene rings is 2. The monoisotopic (exact) mass is 427 g/mol. The summed E-state index contributed by atoms with van der Waals surface area (Å²) in [5.41, 5.74) is -0.661. The average molecular weight is 428 g/mol. The predicted octanol–water partition coefficient (Wildman–Crippen LogP) is 3.17. The van der Waals surface area contributed by atoms with Gasteiger partial charge in [0.05, 0.1) is 10.9 Å². The summed E-state index contributed by atoms with van der Waals surface area (Å²) in [6.07, 6.45) is 1.47. The predicted molar refractivity (Wildman–Crippen MR) is 115 cm³/mol. The van der Waals surface area contributed by atoms with E-state index in [2.05, 4.69) is 4.98 Å². The van der Waals surface area contributed by atoms with E-state index in [0.29, 0.717) is 43.6 Å². The first kappa shape index (κ1) is 20.4. The highest BCUT2D eigenvalue weighted by Crippen LogP contribution is 2.23. The summed E-state index contributed by atoms with van der Waals surface area (Å²) in [6.45, 7) is 0.985. The van der Waals surface area contributed by atoms with E-state index in [1.165, 1.54) is 16.7 Å². The topological polar surface area (TPSA) is 75.2 Å². The molecule has 1 aromatic heterocycles. The van der Waals surface area contributed by atoms with Gasteiger partial charge in [0, 0.05) is 36.2 Å². The lowest BCUT2D eigenvalue weighted by molar-refractivity contribution is -0.132. The van der Waals surface area contributed by atoms with Crippen LogP contribution in [0.1, 0.15) is 25.3 Å². The van der Waals surface area contributed by atoms with Gasteiger partial charge in [0.2, 0.25) is 5.91 Å². The van der Waals surface area contributed by atoms with Crippen LogP contribution in [0.5, 0.6) is 0 Å². The number of thioether (sulfide) groups is 1. The van der Waals surface area contributed by atoms with Gasteiger partial charge in [-0.25, -0.2) is 9.18 Å². The number of hydrogen-bond donors (Lipinski definition) is 1. The highest BCUT2D eigenvalue weighted by molar-refractivity contribution is 7.99. The van der Waals surface area contributed by atoms with Crippen molar-refractivity contribution in [2.75, 3.05) is 18.8 Å². The zero-order chi connectivity index (χ0) is 21.1. The van der Waals surface area contributed by atoms with Crippen molar-refractivity contribution in [3.63, 3.8) is 0 Å². The first-order valence-corrected chi connectivity index (χ1v) is 10.9. The number of nitrogens with one attached hydrogen (secondary N) is 1. The van der Waals surface area contributed by atoms with Crippen molar-refractivity contribution in [1.82, 2.24) is 14.5 Å². The fourth-order valence-electron chi connectivity index (χ4n) is 3.84. The molecule has 156 valence electrons. The molecule has 0 atom stereocenters. The summed E-state index contributed by atoms with van der Waals surface area (Å²) in [5.74, 6) is 0.267. The summed E-state index contributed by atoms with van der Waals surface area (Å²) in [7, 11) is 0. The van der Waals surface area contributed by atoms with Crippen LogP contribution in [0.3, 0.4) is 0 Å². The number of carbonyl (C=O) groups excluding carboxylic acids is 1. The quantitative estimate of drug-likeness (QED) is 0.635. The number of carbonyl (C=O) groups is 1. The number of halogens is 1. The van der Waals surface area contributed by atoms with Crippen LogP contribution >= 0.6 is 11.8 Å². The van der Waals surface area contributed by atoms with Crippen LogP contribution in [0.25, 0.3) is 10.9 Å². The van der Waals surface area contributed by atoms with Crippen molar-refractivity contribution >= 4 is 28.6 Å². The summed E-state index contributed by atoms with van der Waals surface area (Å²) in [6, 6.07) is 13.4. The van der Waals surface area contributed by atoms with Gasteiger partial charge in [-0.2, -0.15) is 0 Å². The Morgan fingerprint density at radius 2 is 1.83 bits per heavy atom. The van der Waals surface area contributed by atoms with E-state index in [-0.39, 0.29) is 17.3 Å². The van der Waals surface area contributed by atoms with E-state index in [1.807, 2.05) is 30.3 Å². The molecule has 1 aliphatic heterocycles. The normalized spacial score (nSPS) is 14.9. The zero-order valence-electron chi connectivity index (χ0n) is 16.3. The minimum atomic E-state index is -0.521. The van der Waals surface area contributed by atoms with E-state index >= 15 is 0 Å². The minimum Gasteiger partial charge on any atom is -0.343 e. The Bertz CT molecular complexity index is 1170. The Labute approximate surface area is 176 Å². The lowest BCUT2D eigenvalue weighted by atomic mass is 10.0. The molecule has 8 heteroatoms. The van der Waals surface area contributed by atoms with Crippen molar-refractivity contribution in [3.8, 4) is 0 Å². The molecular formula is C22H22FN3O3S. The fraction of sp³-hybridized carbons (Fsp3) is 0.318. The third-order valence-corrected chi connectivity index (χ3v) is 6.42. The molecule has 2 aromatic carbocycles. The van der Waals surface area contributed by atoms with Gasteiger partial charge in [-0.05, 0) is 43.2 Å². The molecule has 1 amide bonds. The third kappa shape index (κ3) is 4.33. The van der Waals surface area contributed by atoms with Gasteiger partial charge in [0.25, 0.3) is 5.56 Å². The Kier molecular flexibility index (Phi) is 6.03. The van der Waals surface area contributed by atoms with Crippen LogP contribution in [0.4, 0.5) is 4.39 Å². The zero-order valence-corrected chi connectivity index (χ0v) is 17.2. The van der Waals surface area contributed by atoms with Gasteiger partial charge in [-0.3, -0.25) is 14.2 Å². The van der Waals surface area contributed by atoms with Crippen molar-refractivity contribution in [2.24, 2.45) is 0 Å². The molecule has 0 aliphatic carbocycles. The number of fused-ring (bicyclic) bond motifs is 1. The van der Waals surface area contributed by atoms with Crippen LogP contribution in [-0.2, 0) is 4.79 Å². The van der Waals surface area contributed by atoms with E-state index < -0.39 is 17.1 Å². The van der Waals surface area contributed by atoms with Gasteiger partial charge in [-0.1, -0.05) is 18.2 Å². The number of aromatic amines is 1. The van der Waals surface area contributed by atoms with Crippen LogP contribution < -0.4 is 11.2 Å². The first-order chi connectivity index (χ1) is 14.5. The second kappa shape index (κ2) is 8.87. The van der Waals surface area contributed by atoms with E-state index in [0.717, 1.165) is 11.0 Å². The summed E-state index contributed by atoms with van der Waals surface area (Å²) >= 11 is 1.65. The van der Waals surface area contributed by atoms with Crippen molar-refractivity contribution in [1.29, 1.82) is 0 Å². The Balaban J connectivity index is 1.39. The smallest absolute Gasteiger partial charge is 0.329 e. The number of likely N-dealkylation sites (tertiary alicyclic amines) is 1. The number of hydrogen-bond acceptors (Lipinski definition) is 4. The van der Waals surface area contributed by atoms with Crippen molar-refractivity contribution in [3.05, 3.63) is 75.2 Å². The molecule has 0 unspecified atom stereocenters. The molecular weight excluding hydrogens is 405 g/mol. The second-order valence-electron chi connectivity index (χ2n) is 7.32. The molecule has 1 saturated heterocycles. The number of nitrogens with zero attached hydrogens (tertiary/aromatic N) is 2. The highest BCUT2D eigenvalue weighted by atomic mass is 32.2. The van der Waals surface area contributed by atoms with E-state index in [9.17, 15) is 18.8 Å². The van der Waals surface area contributed by atoms with Gasteiger partial charge >= 0.3 is 5.69 Å². The van der Waals surface area contributed by atoms with Gasteiger partial charge in [0.15, 0.2) is 0 Å². The Morgan fingerprint density at radius 1 is 1.10 bits per heavy atom. The van der Waals surface area contributed by atoms with Gasteiger partial charge in [0.1, 0.15) is 5.82 Å². The van der Waals surface area contributed by atoms with Crippen LogP contribution in [-0.4, -0.2) is 39.2 Å². The maximum Gasteiger partial charge on any atom is 0.329 e. The van der Waals surface area contributed by atoms with Crippen molar-refractivity contribution < 1.29 is 9.18 Å². The molecule has 1 N–H and O–H groups in total. The highest BCUT2D eigenvalue weighted by Gasteiger charge is 2.26. The minimum absolute atomic E-state index is 0.0821. The van der Waals surface area contributed by atoms with E-state index in [4.69, 9.17) is 0 Å². The fourth-order valence-corrected chi connectivity index (χ4v) is 4.70. The second-order valence-corrected chi connectivity index (χ2v) is 8.49. The SMILES string of the molecule is O=C(CCSc1ccccc1)N1CCC(n2c(=O)[nH]c3ccc(F)cc3c2=O)CC1. The number of amides is 1. The van der Waals surface area contributed by atoms with Crippen LogP contribution in [0, 0.1) is 5.82 Å². The Hall–Kier alpha value is -2.87. The molecule has 1 aliphatic rings. The molecule has 2 heterocycles. The molecule has 0 bridgehead atoms. The molecule has 30 heavy (non-hydrogen) atoms. The molecule has 6 nitrogen and oxygen atoms in total. The average Bonchev–Trinajstić information content (AvgIpc) is 2.75. The Morgan fingerprint density at radius 3 is 2.57 bits per heavy atom. The molecule has 0 radical (unpaired) electrons. The number of aromatic nitrogens is 2. The molecule has 3 aromatic rings. The maximum atomic E-state index is 13.6. The number of piperidine rings is 1. The molecule has 0 spiro atoms. The molecule has 4 rings (SSSR count). The third-order valence-electron chi connectivity index (χ3n) is 5.40. The van der Waals surface area contributed by atoms with Crippen LogP contribution in [0.2, 0.25) is 0 Å². The lowest BCUT2D eigenvalue weighted by Gasteiger charge is -2.32. The summed E-state index contributed by atoms with van der Waals surface area (Å²) in [5, 5.41) is 0.158. The van der Waals surface area contributed by atoms with E-state index in [1.54, 1.807) is 16.7 Å². The first-order valence-electron chi connectivity index (χ1n) is 9.92. The van der Waals surface area contributed by atoms with Crippen molar-refractivity contribution in [2.45, 2.75) is 30.2 Å². The van der Waals surface area contributed by atoms with Crippen LogP contribution in [0.15, 0.2) is 63.0 Å². The summed E-state index contributed by atoms with van der Waals surface area (Å²) in [4.78, 5) is 43.3. The number of rotatable bonds is 5.